The van der Waals surface area contributed by atoms with Gasteiger partial charge in [0.15, 0.2) is 0 Å². The maximum absolute atomic E-state index is 13.3. The van der Waals surface area contributed by atoms with Gasteiger partial charge in [-0.2, -0.15) is 0 Å². The summed E-state index contributed by atoms with van der Waals surface area (Å²) in [6.07, 6.45) is 0.821. The Bertz CT molecular complexity index is 352. The van der Waals surface area contributed by atoms with Gasteiger partial charge in [0.25, 0.3) is 0 Å². The summed E-state index contributed by atoms with van der Waals surface area (Å²) in [5, 5.41) is 3.62. The third-order valence-electron chi connectivity index (χ3n) is 3.11. The van der Waals surface area contributed by atoms with Crippen LogP contribution in [-0.4, -0.2) is 13.1 Å². The molecule has 3 heteroatoms. The predicted molar refractivity (Wildman–Crippen MR) is 72.0 cm³/mol. The van der Waals surface area contributed by atoms with Crippen molar-refractivity contribution in [3.05, 3.63) is 34.6 Å². The normalized spacial score (nSPS) is 13.1. The smallest absolute Gasteiger partial charge is 0.142 e. The fourth-order valence-corrected chi connectivity index (χ4v) is 2.07. The van der Waals surface area contributed by atoms with Crippen LogP contribution < -0.4 is 5.32 Å². The van der Waals surface area contributed by atoms with Gasteiger partial charge < -0.3 is 5.32 Å². The van der Waals surface area contributed by atoms with E-state index in [1.54, 1.807) is 6.07 Å². The minimum atomic E-state index is -0.324. The number of benzene rings is 1. The molecule has 17 heavy (non-hydrogen) atoms. The van der Waals surface area contributed by atoms with Gasteiger partial charge in [0, 0.05) is 0 Å². The molecule has 1 rings (SSSR count). The van der Waals surface area contributed by atoms with Crippen molar-refractivity contribution in [3.63, 3.8) is 0 Å². The molecule has 0 aliphatic carbocycles. The van der Waals surface area contributed by atoms with Gasteiger partial charge in [-0.3, -0.25) is 0 Å². The van der Waals surface area contributed by atoms with Crippen molar-refractivity contribution in [1.82, 2.24) is 5.32 Å². The molecule has 1 atom stereocenters. The Morgan fingerprint density at radius 2 is 2.06 bits per heavy atom. The number of hydrogen-bond acceptors (Lipinski definition) is 1. The molecule has 0 heterocycles. The van der Waals surface area contributed by atoms with Crippen molar-refractivity contribution in [1.29, 1.82) is 0 Å². The van der Waals surface area contributed by atoms with Crippen LogP contribution in [0.5, 0.6) is 0 Å². The quantitative estimate of drug-likeness (QED) is 0.815. The van der Waals surface area contributed by atoms with E-state index in [9.17, 15) is 4.39 Å². The average Bonchev–Trinajstić information content (AvgIpc) is 2.29. The van der Waals surface area contributed by atoms with Gasteiger partial charge in [-0.15, -0.1) is 0 Å². The van der Waals surface area contributed by atoms with E-state index in [4.69, 9.17) is 11.6 Å². The van der Waals surface area contributed by atoms with Crippen molar-refractivity contribution < 1.29 is 4.39 Å². The zero-order valence-corrected chi connectivity index (χ0v) is 11.5. The van der Waals surface area contributed by atoms with Gasteiger partial charge in [0.05, 0.1) is 5.02 Å². The summed E-state index contributed by atoms with van der Waals surface area (Å²) in [6.45, 7) is 8.37. The molecule has 0 aromatic heterocycles. The van der Waals surface area contributed by atoms with Gasteiger partial charge in [-0.1, -0.05) is 44.5 Å². The van der Waals surface area contributed by atoms with Crippen LogP contribution in [0.2, 0.25) is 5.02 Å². The Hall–Kier alpha value is -0.600. The molecule has 0 fully saturated rings. The SMILES string of the molecule is CCNCC(Cc1cccc(F)c1Cl)C(C)C. The highest BCUT2D eigenvalue weighted by Gasteiger charge is 2.16. The van der Waals surface area contributed by atoms with Crippen molar-refractivity contribution in [2.45, 2.75) is 27.2 Å². The fraction of sp³-hybridized carbons (Fsp3) is 0.571. The molecule has 1 nitrogen and oxygen atoms in total. The second-order valence-electron chi connectivity index (χ2n) is 4.73. The van der Waals surface area contributed by atoms with E-state index >= 15 is 0 Å². The molecule has 0 radical (unpaired) electrons. The molecule has 0 amide bonds. The zero-order valence-electron chi connectivity index (χ0n) is 10.8. The van der Waals surface area contributed by atoms with Crippen LogP contribution >= 0.6 is 11.6 Å². The first kappa shape index (κ1) is 14.5. The van der Waals surface area contributed by atoms with Crippen LogP contribution in [0.25, 0.3) is 0 Å². The Kier molecular flexibility index (Phi) is 5.93. The van der Waals surface area contributed by atoms with Crippen molar-refractivity contribution in [3.8, 4) is 0 Å². The van der Waals surface area contributed by atoms with Gasteiger partial charge in [0.1, 0.15) is 5.82 Å². The monoisotopic (exact) mass is 257 g/mol. The average molecular weight is 258 g/mol. The zero-order chi connectivity index (χ0) is 12.8. The van der Waals surface area contributed by atoms with Crippen molar-refractivity contribution in [2.24, 2.45) is 11.8 Å². The van der Waals surface area contributed by atoms with Crippen LogP contribution in [0.4, 0.5) is 4.39 Å². The van der Waals surface area contributed by atoms with E-state index < -0.39 is 0 Å². The summed E-state index contributed by atoms with van der Waals surface area (Å²) in [5.41, 5.74) is 0.906. The topological polar surface area (TPSA) is 12.0 Å². The molecule has 1 aromatic carbocycles. The lowest BCUT2D eigenvalue weighted by molar-refractivity contribution is 0.363. The van der Waals surface area contributed by atoms with Gasteiger partial charge >= 0.3 is 0 Å². The van der Waals surface area contributed by atoms with E-state index in [0.29, 0.717) is 11.8 Å². The molecule has 0 saturated carbocycles. The number of rotatable bonds is 6. The molecule has 1 unspecified atom stereocenters. The highest BCUT2D eigenvalue weighted by atomic mass is 35.5. The first-order valence-corrected chi connectivity index (χ1v) is 6.57. The largest absolute Gasteiger partial charge is 0.317 e. The molecule has 0 saturated heterocycles. The van der Waals surface area contributed by atoms with Crippen LogP contribution in [0, 0.1) is 17.7 Å². The molecular formula is C14H21ClFN. The van der Waals surface area contributed by atoms with Gasteiger partial charge in [-0.25, -0.2) is 4.39 Å². The minimum absolute atomic E-state index is 0.273. The van der Waals surface area contributed by atoms with Gasteiger partial charge in [-0.05, 0) is 43.0 Å². The summed E-state index contributed by atoms with van der Waals surface area (Å²) in [4.78, 5) is 0. The molecule has 0 spiro atoms. The second kappa shape index (κ2) is 6.97. The lowest BCUT2D eigenvalue weighted by atomic mass is 9.89. The van der Waals surface area contributed by atoms with Gasteiger partial charge in [0.2, 0.25) is 0 Å². The summed E-state index contributed by atoms with van der Waals surface area (Å²) < 4.78 is 13.3. The minimum Gasteiger partial charge on any atom is -0.317 e. The van der Waals surface area contributed by atoms with E-state index in [2.05, 4.69) is 26.1 Å². The molecule has 0 aliphatic heterocycles. The fourth-order valence-electron chi connectivity index (χ4n) is 1.86. The summed E-state index contributed by atoms with van der Waals surface area (Å²) in [6, 6.07) is 5.04. The standard InChI is InChI=1S/C14H21ClFN/c1-4-17-9-12(10(2)3)8-11-6-5-7-13(16)14(11)15/h5-7,10,12,17H,4,8-9H2,1-3H3. The van der Waals surface area contributed by atoms with Crippen LogP contribution in [0.3, 0.4) is 0 Å². The first-order valence-electron chi connectivity index (χ1n) is 6.19. The molecular weight excluding hydrogens is 237 g/mol. The lowest BCUT2D eigenvalue weighted by Gasteiger charge is -2.21. The first-order chi connectivity index (χ1) is 8.06. The Morgan fingerprint density at radius 3 is 2.65 bits per heavy atom. The number of halogens is 2. The van der Waals surface area contributed by atoms with Crippen LogP contribution in [0.15, 0.2) is 18.2 Å². The predicted octanol–water partition coefficient (Wildman–Crippen LogP) is 3.90. The van der Waals surface area contributed by atoms with Crippen molar-refractivity contribution >= 4 is 11.6 Å². The maximum Gasteiger partial charge on any atom is 0.142 e. The molecule has 1 N–H and O–H groups in total. The Labute approximate surface area is 108 Å². The highest BCUT2D eigenvalue weighted by molar-refractivity contribution is 6.31. The summed E-state index contributed by atoms with van der Waals surface area (Å²) in [5.74, 6) is 0.706. The Balaban J connectivity index is 2.75. The van der Waals surface area contributed by atoms with E-state index in [1.165, 1.54) is 6.07 Å². The molecule has 1 aromatic rings. The molecule has 0 aliphatic rings. The van der Waals surface area contributed by atoms with Crippen molar-refractivity contribution in [2.75, 3.05) is 13.1 Å². The van der Waals surface area contributed by atoms with E-state index in [0.717, 1.165) is 25.1 Å². The molecule has 0 bridgehead atoms. The summed E-state index contributed by atoms with van der Waals surface area (Å²) >= 11 is 5.98. The van der Waals surface area contributed by atoms with E-state index in [-0.39, 0.29) is 10.8 Å². The molecule has 96 valence electrons. The van der Waals surface area contributed by atoms with Crippen LogP contribution in [-0.2, 0) is 6.42 Å². The third-order valence-corrected chi connectivity index (χ3v) is 3.54. The lowest BCUT2D eigenvalue weighted by Crippen LogP contribution is -2.27. The number of hydrogen-bond donors (Lipinski definition) is 1. The highest BCUT2D eigenvalue weighted by Crippen LogP contribution is 2.24. The van der Waals surface area contributed by atoms with E-state index in [1.807, 2.05) is 6.07 Å². The third kappa shape index (κ3) is 4.29. The second-order valence-corrected chi connectivity index (χ2v) is 5.11. The van der Waals surface area contributed by atoms with Crippen LogP contribution in [0.1, 0.15) is 26.3 Å². The number of nitrogens with one attached hydrogen (secondary N) is 1. The summed E-state index contributed by atoms with van der Waals surface area (Å²) in [7, 11) is 0. The Morgan fingerprint density at radius 1 is 1.35 bits per heavy atom. The maximum atomic E-state index is 13.3.